The second kappa shape index (κ2) is 4.41. The summed E-state index contributed by atoms with van der Waals surface area (Å²) in [7, 11) is -3.69. The van der Waals surface area contributed by atoms with Gasteiger partial charge in [0.1, 0.15) is 4.90 Å². The van der Waals surface area contributed by atoms with E-state index in [0.29, 0.717) is 11.3 Å². The second-order valence-electron chi connectivity index (χ2n) is 4.03. The summed E-state index contributed by atoms with van der Waals surface area (Å²) < 4.78 is 31.4. The molecule has 0 aliphatic carbocycles. The highest BCUT2D eigenvalue weighted by Crippen LogP contribution is 2.21. The maximum absolute atomic E-state index is 12.1. The van der Waals surface area contributed by atoms with E-state index < -0.39 is 10.0 Å². The normalized spacial score (nSPS) is 11.5. The summed E-state index contributed by atoms with van der Waals surface area (Å²) in [5.41, 5.74) is 2.08. The van der Waals surface area contributed by atoms with Crippen molar-refractivity contribution in [2.24, 2.45) is 0 Å². The van der Waals surface area contributed by atoms with Gasteiger partial charge < -0.3 is 4.52 Å². The van der Waals surface area contributed by atoms with Crippen LogP contribution in [0.15, 0.2) is 27.9 Å². The van der Waals surface area contributed by atoms with Gasteiger partial charge in [-0.15, -0.1) is 0 Å². The maximum Gasteiger partial charge on any atom is 0.265 e. The fourth-order valence-corrected chi connectivity index (χ4v) is 2.46. The molecule has 2 heterocycles. The van der Waals surface area contributed by atoms with Crippen LogP contribution in [0, 0.1) is 20.8 Å². The van der Waals surface area contributed by atoms with E-state index in [9.17, 15) is 8.42 Å². The highest BCUT2D eigenvalue weighted by atomic mass is 32.2. The van der Waals surface area contributed by atoms with E-state index in [1.807, 2.05) is 0 Å². The smallest absolute Gasteiger partial charge is 0.265 e. The first-order chi connectivity index (χ1) is 8.40. The average molecular weight is 267 g/mol. The van der Waals surface area contributed by atoms with E-state index in [-0.39, 0.29) is 10.8 Å². The minimum absolute atomic E-state index is 0.0935. The van der Waals surface area contributed by atoms with E-state index in [1.54, 1.807) is 27.0 Å². The molecule has 2 aromatic rings. The molecule has 0 fully saturated rings. The molecule has 0 saturated carbocycles. The Labute approximate surface area is 105 Å². The fraction of sp³-hybridized carbons (Fsp3) is 0.273. The van der Waals surface area contributed by atoms with E-state index >= 15 is 0 Å². The lowest BCUT2D eigenvalue weighted by Crippen LogP contribution is -2.13. The number of aryl methyl sites for hydroxylation is 2. The first-order valence-corrected chi connectivity index (χ1v) is 6.76. The molecule has 0 radical (unpaired) electrons. The zero-order valence-electron chi connectivity index (χ0n) is 10.3. The number of anilines is 1. The van der Waals surface area contributed by atoms with E-state index in [1.165, 1.54) is 12.3 Å². The van der Waals surface area contributed by atoms with Crippen LogP contribution in [0.4, 0.5) is 5.88 Å². The summed E-state index contributed by atoms with van der Waals surface area (Å²) in [4.78, 5) is 3.95. The Morgan fingerprint density at radius 2 is 1.94 bits per heavy atom. The Morgan fingerprint density at radius 1 is 1.22 bits per heavy atom. The molecule has 18 heavy (non-hydrogen) atoms. The van der Waals surface area contributed by atoms with Crippen LogP contribution in [-0.4, -0.2) is 18.6 Å². The molecular weight excluding hydrogens is 254 g/mol. The SMILES string of the molecule is Cc1cncc(S(=O)(=O)Nc2onc(C)c2C)c1. The summed E-state index contributed by atoms with van der Waals surface area (Å²) in [6, 6.07) is 1.54. The quantitative estimate of drug-likeness (QED) is 0.916. The summed E-state index contributed by atoms with van der Waals surface area (Å²) >= 11 is 0. The van der Waals surface area contributed by atoms with E-state index in [0.717, 1.165) is 5.56 Å². The highest BCUT2D eigenvalue weighted by Gasteiger charge is 2.19. The largest absolute Gasteiger partial charge is 0.337 e. The van der Waals surface area contributed by atoms with Crippen molar-refractivity contribution in [2.75, 3.05) is 4.72 Å². The van der Waals surface area contributed by atoms with Gasteiger partial charge in [0.25, 0.3) is 10.0 Å². The highest BCUT2D eigenvalue weighted by molar-refractivity contribution is 7.92. The summed E-state index contributed by atoms with van der Waals surface area (Å²) in [5, 5.41) is 3.69. The number of aromatic nitrogens is 2. The Hall–Kier alpha value is -1.89. The van der Waals surface area contributed by atoms with Crippen molar-refractivity contribution in [3.63, 3.8) is 0 Å². The third-order valence-corrected chi connectivity index (χ3v) is 3.84. The molecule has 0 aliphatic rings. The zero-order valence-corrected chi connectivity index (χ0v) is 11.1. The molecule has 0 aromatic carbocycles. The monoisotopic (exact) mass is 267 g/mol. The molecule has 0 aliphatic heterocycles. The van der Waals surface area contributed by atoms with Crippen molar-refractivity contribution in [3.8, 4) is 0 Å². The Morgan fingerprint density at radius 3 is 2.50 bits per heavy atom. The standard InChI is InChI=1S/C11H13N3O3S/c1-7-4-10(6-12-5-7)18(15,16)14-11-8(2)9(3)13-17-11/h4-6,14H,1-3H3. The van der Waals surface area contributed by atoms with Crippen LogP contribution in [0.3, 0.4) is 0 Å². The van der Waals surface area contributed by atoms with Gasteiger partial charge in [-0.1, -0.05) is 5.16 Å². The predicted octanol–water partition coefficient (Wildman–Crippen LogP) is 1.80. The Kier molecular flexibility index (Phi) is 3.08. The number of nitrogens with one attached hydrogen (secondary N) is 1. The van der Waals surface area contributed by atoms with Crippen molar-refractivity contribution >= 4 is 15.9 Å². The predicted molar refractivity (Wildman–Crippen MR) is 65.8 cm³/mol. The molecule has 0 atom stereocenters. The van der Waals surface area contributed by atoms with Gasteiger partial charge >= 0.3 is 0 Å². The molecule has 96 valence electrons. The van der Waals surface area contributed by atoms with Gasteiger partial charge in [-0.2, -0.15) is 0 Å². The molecular formula is C11H13N3O3S. The number of nitrogens with zero attached hydrogens (tertiary/aromatic N) is 2. The minimum atomic E-state index is -3.69. The van der Waals surface area contributed by atoms with Crippen LogP contribution in [0.25, 0.3) is 0 Å². The number of hydrogen-bond donors (Lipinski definition) is 1. The number of pyridine rings is 1. The summed E-state index contributed by atoms with van der Waals surface area (Å²) in [6.45, 7) is 5.25. The number of sulfonamides is 1. The topological polar surface area (TPSA) is 85.1 Å². The molecule has 0 bridgehead atoms. The van der Waals surface area contributed by atoms with Crippen molar-refractivity contribution in [3.05, 3.63) is 35.3 Å². The Balaban J connectivity index is 2.36. The molecule has 0 amide bonds. The van der Waals surface area contributed by atoms with Crippen LogP contribution < -0.4 is 4.72 Å². The molecule has 0 spiro atoms. The van der Waals surface area contributed by atoms with Gasteiger partial charge in [-0.05, 0) is 32.4 Å². The lowest BCUT2D eigenvalue weighted by Gasteiger charge is -2.05. The first-order valence-electron chi connectivity index (χ1n) is 5.27. The first kappa shape index (κ1) is 12.6. The molecule has 2 rings (SSSR count). The van der Waals surface area contributed by atoms with Gasteiger partial charge in [0.05, 0.1) is 5.69 Å². The van der Waals surface area contributed by atoms with Crippen molar-refractivity contribution in [1.82, 2.24) is 10.1 Å². The summed E-state index contributed by atoms with van der Waals surface area (Å²) in [6.07, 6.45) is 2.87. The van der Waals surface area contributed by atoms with Crippen LogP contribution in [0.2, 0.25) is 0 Å². The maximum atomic E-state index is 12.1. The molecule has 2 aromatic heterocycles. The van der Waals surface area contributed by atoms with Gasteiger partial charge in [-0.3, -0.25) is 4.98 Å². The van der Waals surface area contributed by atoms with Crippen molar-refractivity contribution in [1.29, 1.82) is 0 Å². The average Bonchev–Trinajstić information content (AvgIpc) is 2.61. The zero-order chi connectivity index (χ0) is 13.3. The van der Waals surface area contributed by atoms with Crippen molar-refractivity contribution in [2.45, 2.75) is 25.7 Å². The molecule has 0 saturated heterocycles. The van der Waals surface area contributed by atoms with Crippen LogP contribution in [-0.2, 0) is 10.0 Å². The summed E-state index contributed by atoms with van der Waals surface area (Å²) in [5.74, 6) is 0.133. The number of rotatable bonds is 3. The third-order valence-electron chi connectivity index (χ3n) is 2.54. The molecule has 0 unspecified atom stereocenters. The van der Waals surface area contributed by atoms with Gasteiger partial charge in [-0.25, -0.2) is 13.1 Å². The van der Waals surface area contributed by atoms with Crippen LogP contribution in [0.1, 0.15) is 16.8 Å². The minimum Gasteiger partial charge on any atom is -0.337 e. The van der Waals surface area contributed by atoms with E-state index in [4.69, 9.17) is 4.52 Å². The lowest BCUT2D eigenvalue weighted by atomic mass is 10.3. The fourth-order valence-electron chi connectivity index (χ4n) is 1.37. The van der Waals surface area contributed by atoms with Gasteiger partial charge in [0.2, 0.25) is 5.88 Å². The molecule has 6 nitrogen and oxygen atoms in total. The Bertz CT molecular complexity index is 677. The third kappa shape index (κ3) is 2.35. The van der Waals surface area contributed by atoms with Crippen LogP contribution in [0.5, 0.6) is 0 Å². The van der Waals surface area contributed by atoms with Crippen LogP contribution >= 0.6 is 0 Å². The van der Waals surface area contributed by atoms with Crippen molar-refractivity contribution < 1.29 is 12.9 Å². The van der Waals surface area contributed by atoms with Gasteiger partial charge in [0, 0.05) is 18.0 Å². The van der Waals surface area contributed by atoms with E-state index in [2.05, 4.69) is 14.9 Å². The lowest BCUT2D eigenvalue weighted by molar-refractivity contribution is 0.430. The molecule has 7 heteroatoms. The molecule has 1 N–H and O–H groups in total. The second-order valence-corrected chi connectivity index (χ2v) is 5.71. The number of hydrogen-bond acceptors (Lipinski definition) is 5. The van der Waals surface area contributed by atoms with Gasteiger partial charge in [0.15, 0.2) is 0 Å².